The summed E-state index contributed by atoms with van der Waals surface area (Å²) in [4.78, 5) is 7.33. The summed E-state index contributed by atoms with van der Waals surface area (Å²) in [5.74, 6) is -0.198. The molecule has 1 saturated heterocycles. The molecule has 3 heterocycles. The highest BCUT2D eigenvalue weighted by Gasteiger charge is 2.18. The minimum Gasteiger partial charge on any atom is -0.370 e. The van der Waals surface area contributed by atoms with Gasteiger partial charge in [-0.1, -0.05) is 0 Å². The van der Waals surface area contributed by atoms with Crippen molar-refractivity contribution in [3.63, 3.8) is 0 Å². The van der Waals surface area contributed by atoms with E-state index < -0.39 is 0 Å². The van der Waals surface area contributed by atoms with Crippen molar-refractivity contribution in [2.45, 2.75) is 13.5 Å². The van der Waals surface area contributed by atoms with Crippen LogP contribution < -0.4 is 4.90 Å². The van der Waals surface area contributed by atoms with Crippen LogP contribution in [0.3, 0.4) is 0 Å². The van der Waals surface area contributed by atoms with Crippen LogP contribution in [-0.4, -0.2) is 42.4 Å². The van der Waals surface area contributed by atoms with Crippen molar-refractivity contribution in [3.05, 3.63) is 29.0 Å². The van der Waals surface area contributed by atoms with Crippen LogP contribution in [0.25, 0.3) is 21.3 Å². The standard InChI is InChI=1S/C16H18FN3OS/c1-11-18-15-13-10-12(17)2-3-14(13)20(16(15)22-11)5-4-19-6-8-21-9-7-19/h2-3,10H,4-9H2,1H3/p+1. The van der Waals surface area contributed by atoms with Crippen LogP contribution in [0.15, 0.2) is 18.2 Å². The molecule has 1 fully saturated rings. The van der Waals surface area contributed by atoms with Gasteiger partial charge in [0, 0.05) is 5.39 Å². The number of thiazole rings is 1. The summed E-state index contributed by atoms with van der Waals surface area (Å²) in [7, 11) is 0. The van der Waals surface area contributed by atoms with E-state index in [-0.39, 0.29) is 5.82 Å². The third-order valence-corrected chi connectivity index (χ3v) is 5.35. The van der Waals surface area contributed by atoms with Crippen molar-refractivity contribution in [2.24, 2.45) is 0 Å². The minimum absolute atomic E-state index is 0.198. The SMILES string of the molecule is Cc1nc2c3cc(F)ccc3n(CC[NH+]3CCOCC3)c2s1. The van der Waals surface area contributed by atoms with Crippen molar-refractivity contribution in [2.75, 3.05) is 32.8 Å². The highest BCUT2D eigenvalue weighted by Crippen LogP contribution is 2.32. The molecule has 0 atom stereocenters. The van der Waals surface area contributed by atoms with E-state index in [0.29, 0.717) is 0 Å². The van der Waals surface area contributed by atoms with Crippen molar-refractivity contribution >= 4 is 32.6 Å². The number of nitrogens with one attached hydrogen (secondary N) is 1. The number of ether oxygens (including phenoxy) is 1. The van der Waals surface area contributed by atoms with E-state index in [9.17, 15) is 4.39 Å². The molecule has 0 unspecified atom stereocenters. The first-order valence-corrected chi connectivity index (χ1v) is 8.50. The van der Waals surface area contributed by atoms with E-state index in [2.05, 4.69) is 9.55 Å². The second kappa shape index (κ2) is 5.61. The third-order valence-electron chi connectivity index (χ3n) is 4.35. The lowest BCUT2D eigenvalue weighted by atomic mass is 10.2. The Morgan fingerprint density at radius 3 is 3.00 bits per heavy atom. The Labute approximate surface area is 132 Å². The average molecular weight is 320 g/mol. The summed E-state index contributed by atoms with van der Waals surface area (Å²) in [6, 6.07) is 5.02. The number of morpholine rings is 1. The minimum atomic E-state index is -0.198. The fraction of sp³-hybridized carbons (Fsp3) is 0.438. The van der Waals surface area contributed by atoms with Crippen molar-refractivity contribution < 1.29 is 14.0 Å². The van der Waals surface area contributed by atoms with Gasteiger partial charge in [-0.3, -0.25) is 0 Å². The molecule has 116 valence electrons. The highest BCUT2D eigenvalue weighted by atomic mass is 32.1. The van der Waals surface area contributed by atoms with Gasteiger partial charge in [-0.05, 0) is 25.1 Å². The molecule has 6 heteroatoms. The van der Waals surface area contributed by atoms with Crippen molar-refractivity contribution in [3.8, 4) is 0 Å². The monoisotopic (exact) mass is 320 g/mol. The van der Waals surface area contributed by atoms with Gasteiger partial charge in [-0.15, -0.1) is 11.3 Å². The topological polar surface area (TPSA) is 31.5 Å². The van der Waals surface area contributed by atoms with E-state index in [1.807, 2.05) is 13.0 Å². The summed E-state index contributed by atoms with van der Waals surface area (Å²) < 4.78 is 21.3. The van der Waals surface area contributed by atoms with E-state index in [4.69, 9.17) is 4.74 Å². The molecule has 0 saturated carbocycles. The Balaban J connectivity index is 1.73. The highest BCUT2D eigenvalue weighted by molar-refractivity contribution is 7.18. The van der Waals surface area contributed by atoms with Gasteiger partial charge in [0.2, 0.25) is 0 Å². The zero-order valence-electron chi connectivity index (χ0n) is 12.6. The summed E-state index contributed by atoms with van der Waals surface area (Å²) in [6.45, 7) is 7.84. The van der Waals surface area contributed by atoms with Gasteiger partial charge >= 0.3 is 0 Å². The molecular formula is C16H19FN3OS+. The Hall–Kier alpha value is -1.50. The van der Waals surface area contributed by atoms with Gasteiger partial charge < -0.3 is 14.2 Å². The molecule has 0 bridgehead atoms. The molecule has 0 amide bonds. The zero-order chi connectivity index (χ0) is 15.1. The summed E-state index contributed by atoms with van der Waals surface area (Å²) in [6.07, 6.45) is 0. The molecule has 0 radical (unpaired) electrons. The van der Waals surface area contributed by atoms with Crippen LogP contribution in [0.2, 0.25) is 0 Å². The van der Waals surface area contributed by atoms with Crippen LogP contribution in [0.5, 0.6) is 0 Å². The quantitative estimate of drug-likeness (QED) is 0.795. The second-order valence-electron chi connectivity index (χ2n) is 5.81. The molecule has 1 aromatic carbocycles. The first-order chi connectivity index (χ1) is 10.7. The summed E-state index contributed by atoms with van der Waals surface area (Å²) in [5, 5.41) is 1.96. The number of nitrogens with zero attached hydrogens (tertiary/aromatic N) is 2. The van der Waals surface area contributed by atoms with Crippen LogP contribution >= 0.6 is 11.3 Å². The molecule has 4 rings (SSSR count). The number of aromatic nitrogens is 2. The first-order valence-electron chi connectivity index (χ1n) is 7.68. The molecule has 22 heavy (non-hydrogen) atoms. The lowest BCUT2D eigenvalue weighted by molar-refractivity contribution is -0.908. The predicted molar refractivity (Wildman–Crippen MR) is 86.2 cm³/mol. The molecule has 1 N–H and O–H groups in total. The second-order valence-corrected chi connectivity index (χ2v) is 6.99. The normalized spacial score (nSPS) is 16.8. The van der Waals surface area contributed by atoms with E-state index in [1.54, 1.807) is 22.3 Å². The average Bonchev–Trinajstić information content (AvgIpc) is 3.02. The number of hydrogen-bond acceptors (Lipinski definition) is 3. The Kier molecular flexibility index (Phi) is 3.60. The molecule has 4 nitrogen and oxygen atoms in total. The number of fused-ring (bicyclic) bond motifs is 3. The van der Waals surface area contributed by atoms with Crippen LogP contribution in [0.1, 0.15) is 5.01 Å². The van der Waals surface area contributed by atoms with Crippen molar-refractivity contribution in [1.82, 2.24) is 9.55 Å². The van der Waals surface area contributed by atoms with Gasteiger partial charge in [0.25, 0.3) is 0 Å². The third kappa shape index (κ3) is 2.41. The molecule has 0 spiro atoms. The number of aryl methyl sites for hydroxylation is 1. The largest absolute Gasteiger partial charge is 0.370 e. The van der Waals surface area contributed by atoms with E-state index in [0.717, 1.165) is 65.7 Å². The first kappa shape index (κ1) is 14.1. The maximum Gasteiger partial charge on any atom is 0.124 e. The maximum absolute atomic E-state index is 13.6. The Bertz CT molecular complexity index is 820. The van der Waals surface area contributed by atoms with Crippen LogP contribution in [0.4, 0.5) is 4.39 Å². The molecule has 1 aliphatic rings. The van der Waals surface area contributed by atoms with Crippen LogP contribution in [0, 0.1) is 12.7 Å². The van der Waals surface area contributed by atoms with Crippen molar-refractivity contribution in [1.29, 1.82) is 0 Å². The molecule has 2 aromatic heterocycles. The Morgan fingerprint density at radius 2 is 2.18 bits per heavy atom. The van der Waals surface area contributed by atoms with Gasteiger partial charge in [-0.2, -0.15) is 0 Å². The molecular weight excluding hydrogens is 301 g/mol. The number of hydrogen-bond donors (Lipinski definition) is 1. The van der Waals surface area contributed by atoms with E-state index >= 15 is 0 Å². The zero-order valence-corrected chi connectivity index (χ0v) is 13.4. The van der Waals surface area contributed by atoms with Gasteiger partial charge in [0.1, 0.15) is 29.3 Å². The van der Waals surface area contributed by atoms with Gasteiger partial charge in [0.05, 0.1) is 36.8 Å². The Morgan fingerprint density at radius 1 is 1.36 bits per heavy atom. The van der Waals surface area contributed by atoms with E-state index in [1.165, 1.54) is 6.07 Å². The summed E-state index contributed by atoms with van der Waals surface area (Å²) in [5.41, 5.74) is 2.02. The lowest BCUT2D eigenvalue weighted by Gasteiger charge is -2.24. The van der Waals surface area contributed by atoms with Crippen LogP contribution in [-0.2, 0) is 11.3 Å². The number of quaternary nitrogens is 1. The lowest BCUT2D eigenvalue weighted by Crippen LogP contribution is -3.14. The number of benzene rings is 1. The number of halogens is 1. The van der Waals surface area contributed by atoms with Gasteiger partial charge in [0.15, 0.2) is 0 Å². The predicted octanol–water partition coefficient (Wildman–Crippen LogP) is 1.61. The van der Waals surface area contributed by atoms with Gasteiger partial charge in [-0.25, -0.2) is 9.37 Å². The molecule has 1 aliphatic heterocycles. The fourth-order valence-electron chi connectivity index (χ4n) is 3.22. The molecule has 3 aromatic rings. The fourth-order valence-corrected chi connectivity index (χ4v) is 4.19. The molecule has 0 aliphatic carbocycles. The number of rotatable bonds is 3. The maximum atomic E-state index is 13.6. The smallest absolute Gasteiger partial charge is 0.124 e. The summed E-state index contributed by atoms with van der Waals surface area (Å²) >= 11 is 1.69.